The molecule has 456 valence electrons. The Hall–Kier alpha value is -3.53. The average Bonchev–Trinajstić information content (AvgIpc) is 3.42. The zero-order chi connectivity index (χ0) is 57.6. The maximum Gasteiger partial charge on any atom is 0.361 e. The van der Waals surface area contributed by atoms with Gasteiger partial charge in [0.05, 0.1) is 34.4 Å². The molecule has 2 atom stereocenters. The number of quaternary nitrogens is 1. The molecule has 9 nitrogen and oxygen atoms in total. The van der Waals surface area contributed by atoms with Gasteiger partial charge in [-0.2, -0.15) is 0 Å². The second kappa shape index (κ2) is 60.6. The van der Waals surface area contributed by atoms with Crippen LogP contribution in [-0.4, -0.2) is 87.4 Å². The van der Waals surface area contributed by atoms with Crippen molar-refractivity contribution >= 4 is 17.9 Å². The Balaban J connectivity index is 4.11. The zero-order valence-corrected chi connectivity index (χ0v) is 52.0. The molecule has 9 heteroatoms. The number of ether oxygens (including phenoxy) is 4. The normalized spacial score (nSPS) is 13.3. The number of carboxylic acid groups (broad SMARTS) is 1. The van der Waals surface area contributed by atoms with E-state index in [0.717, 1.165) is 77.0 Å². The summed E-state index contributed by atoms with van der Waals surface area (Å²) in [6.45, 7) is 4.78. The van der Waals surface area contributed by atoms with Crippen LogP contribution in [0.15, 0.2) is 85.1 Å². The molecule has 0 rings (SSSR count). The molecule has 0 saturated heterocycles. The standard InChI is InChI=1S/C70H123NO8/c1-6-8-10-12-14-16-18-20-22-24-26-27-28-29-30-31-32-33-34-35-36-37-38-39-40-41-43-45-47-49-51-53-55-57-59-61-68(73)79-66(65-78-70(69(74)75)76-63-62-71(3,4)5)64-77-67(72)60-58-56-54-52-50-48-46-44-42-25-23-21-19-17-15-13-11-9-7-2/h8,10,14,16,20-23,26-27,29-30,32-33,66,70H,6-7,9,11-13,15,17-19,24-25,28,31,34-65H2,1-5H3/p+1/b10-8-,16-14-,22-20-,23-21-,27-26-,30-29-,33-32-. The fraction of sp³-hybridized carbons (Fsp3) is 0.757. The maximum absolute atomic E-state index is 12.9. The number of likely N-dealkylation sites (N-methyl/N-ethyl adjacent to an activating group) is 1. The highest BCUT2D eigenvalue weighted by Crippen LogP contribution is 2.17. The number of unbranched alkanes of at least 4 members (excludes halogenated alkanes) is 31. The van der Waals surface area contributed by atoms with E-state index in [-0.39, 0.29) is 32.2 Å². The first-order chi connectivity index (χ1) is 38.6. The number of esters is 2. The van der Waals surface area contributed by atoms with Gasteiger partial charge in [0.1, 0.15) is 13.2 Å². The van der Waals surface area contributed by atoms with Gasteiger partial charge in [0.2, 0.25) is 0 Å². The van der Waals surface area contributed by atoms with E-state index >= 15 is 0 Å². The first-order valence-corrected chi connectivity index (χ1v) is 32.8. The third-order valence-corrected chi connectivity index (χ3v) is 14.1. The van der Waals surface area contributed by atoms with Crippen LogP contribution in [0.1, 0.15) is 284 Å². The number of nitrogens with zero attached hydrogens (tertiary/aromatic N) is 1. The summed E-state index contributed by atoms with van der Waals surface area (Å²) >= 11 is 0. The maximum atomic E-state index is 12.9. The number of allylic oxidation sites excluding steroid dienone is 14. The quantitative estimate of drug-likeness (QED) is 0.0211. The van der Waals surface area contributed by atoms with Crippen molar-refractivity contribution in [3.05, 3.63) is 85.1 Å². The van der Waals surface area contributed by atoms with Crippen molar-refractivity contribution in [2.45, 2.75) is 296 Å². The number of aliphatic carboxylic acids is 1. The second-order valence-electron chi connectivity index (χ2n) is 23.0. The molecule has 0 spiro atoms. The van der Waals surface area contributed by atoms with Crippen LogP contribution in [0.5, 0.6) is 0 Å². The lowest BCUT2D eigenvalue weighted by atomic mass is 10.0. The van der Waals surface area contributed by atoms with Crippen LogP contribution < -0.4 is 0 Å². The highest BCUT2D eigenvalue weighted by molar-refractivity contribution is 5.71. The summed E-state index contributed by atoms with van der Waals surface area (Å²) in [4.78, 5) is 37.5. The van der Waals surface area contributed by atoms with Gasteiger partial charge in [-0.15, -0.1) is 0 Å². The molecule has 0 heterocycles. The van der Waals surface area contributed by atoms with Gasteiger partial charge < -0.3 is 28.5 Å². The molecular weight excluding hydrogens is 983 g/mol. The van der Waals surface area contributed by atoms with Crippen molar-refractivity contribution in [1.82, 2.24) is 0 Å². The number of carbonyl (C=O) groups excluding carboxylic acids is 2. The lowest BCUT2D eigenvalue weighted by molar-refractivity contribution is -0.870. The molecule has 1 N–H and O–H groups in total. The van der Waals surface area contributed by atoms with Crippen LogP contribution in [-0.2, 0) is 33.3 Å². The molecule has 0 aliphatic heterocycles. The molecule has 0 aromatic carbocycles. The SMILES string of the molecule is CC/C=C\C/C=C\C/C=C\C/C=C\C/C=C\C/C=C\CCCCCCCCCCCCCCCCCCC(=O)OC(COC(=O)CCCCCCCCCCC/C=C\CCCCCCCC)COC(OCC[N+](C)(C)C)C(=O)O. The van der Waals surface area contributed by atoms with E-state index in [1.807, 2.05) is 21.1 Å². The number of rotatable bonds is 60. The number of hydrogen-bond acceptors (Lipinski definition) is 7. The van der Waals surface area contributed by atoms with Crippen molar-refractivity contribution in [2.75, 3.05) is 47.5 Å². The number of hydrogen-bond donors (Lipinski definition) is 1. The predicted molar refractivity (Wildman–Crippen MR) is 336 cm³/mol. The molecule has 0 aliphatic rings. The highest BCUT2D eigenvalue weighted by atomic mass is 16.7. The molecule has 79 heavy (non-hydrogen) atoms. The van der Waals surface area contributed by atoms with Gasteiger partial charge in [-0.05, 0) is 89.9 Å². The molecule has 0 fully saturated rings. The molecule has 0 aromatic heterocycles. The number of carboxylic acids is 1. The summed E-state index contributed by atoms with van der Waals surface area (Å²) in [5, 5.41) is 9.73. The van der Waals surface area contributed by atoms with Gasteiger partial charge in [0, 0.05) is 12.8 Å². The van der Waals surface area contributed by atoms with E-state index in [9.17, 15) is 19.5 Å². The molecule has 0 saturated carbocycles. The molecule has 0 radical (unpaired) electrons. The summed E-state index contributed by atoms with van der Waals surface area (Å²) in [5.41, 5.74) is 0. The van der Waals surface area contributed by atoms with Crippen LogP contribution in [0.4, 0.5) is 0 Å². The fourth-order valence-electron chi connectivity index (χ4n) is 9.13. The third kappa shape index (κ3) is 61.9. The Labute approximate surface area is 487 Å². The van der Waals surface area contributed by atoms with E-state index < -0.39 is 24.3 Å². The zero-order valence-electron chi connectivity index (χ0n) is 52.0. The van der Waals surface area contributed by atoms with E-state index in [0.29, 0.717) is 17.4 Å². The lowest BCUT2D eigenvalue weighted by Crippen LogP contribution is -2.40. The van der Waals surface area contributed by atoms with Gasteiger partial charge in [-0.1, -0.05) is 266 Å². The van der Waals surface area contributed by atoms with Crippen molar-refractivity contribution in [3.63, 3.8) is 0 Å². The fourth-order valence-corrected chi connectivity index (χ4v) is 9.13. The Morgan fingerprint density at radius 1 is 0.392 bits per heavy atom. The van der Waals surface area contributed by atoms with Gasteiger partial charge in [0.15, 0.2) is 6.10 Å². The first kappa shape index (κ1) is 75.5. The van der Waals surface area contributed by atoms with E-state index in [1.54, 1.807) is 0 Å². The van der Waals surface area contributed by atoms with Crippen molar-refractivity contribution in [2.24, 2.45) is 0 Å². The minimum absolute atomic E-state index is 0.183. The Bertz CT molecular complexity index is 1570. The average molecular weight is 1110 g/mol. The summed E-state index contributed by atoms with van der Waals surface area (Å²) < 4.78 is 22.9. The van der Waals surface area contributed by atoms with E-state index in [1.165, 1.54) is 180 Å². The van der Waals surface area contributed by atoms with Crippen LogP contribution in [0.3, 0.4) is 0 Å². The van der Waals surface area contributed by atoms with Crippen molar-refractivity contribution in [1.29, 1.82) is 0 Å². The largest absolute Gasteiger partial charge is 0.477 e. The molecule has 0 bridgehead atoms. The number of carbonyl (C=O) groups is 3. The third-order valence-electron chi connectivity index (χ3n) is 14.1. The van der Waals surface area contributed by atoms with Gasteiger partial charge >= 0.3 is 17.9 Å². The van der Waals surface area contributed by atoms with Crippen LogP contribution in [0, 0.1) is 0 Å². The smallest absolute Gasteiger partial charge is 0.361 e. The Morgan fingerprint density at radius 3 is 1.09 bits per heavy atom. The lowest BCUT2D eigenvalue weighted by Gasteiger charge is -2.25. The monoisotopic (exact) mass is 1110 g/mol. The van der Waals surface area contributed by atoms with E-state index in [4.69, 9.17) is 18.9 Å². The molecule has 0 aliphatic carbocycles. The topological polar surface area (TPSA) is 108 Å². The highest BCUT2D eigenvalue weighted by Gasteiger charge is 2.25. The Morgan fingerprint density at radius 2 is 0.722 bits per heavy atom. The van der Waals surface area contributed by atoms with Crippen LogP contribution in [0.25, 0.3) is 0 Å². The summed E-state index contributed by atoms with van der Waals surface area (Å²) in [5.74, 6) is -2.00. The molecule has 0 aromatic rings. The van der Waals surface area contributed by atoms with Gasteiger partial charge in [0.25, 0.3) is 6.29 Å². The summed E-state index contributed by atoms with van der Waals surface area (Å²) in [7, 11) is 5.98. The second-order valence-corrected chi connectivity index (χ2v) is 23.0. The van der Waals surface area contributed by atoms with Crippen molar-refractivity contribution in [3.8, 4) is 0 Å². The van der Waals surface area contributed by atoms with Gasteiger partial charge in [-0.25, -0.2) is 4.79 Å². The Kier molecular flexibility index (Phi) is 57.9. The molecule has 2 unspecified atom stereocenters. The van der Waals surface area contributed by atoms with Crippen molar-refractivity contribution < 1.29 is 42.9 Å². The first-order valence-electron chi connectivity index (χ1n) is 32.8. The summed E-state index contributed by atoms with van der Waals surface area (Å²) in [6, 6.07) is 0. The molecule has 0 amide bonds. The minimum atomic E-state index is -1.51. The summed E-state index contributed by atoms with van der Waals surface area (Å²) in [6.07, 6.45) is 78.2. The van der Waals surface area contributed by atoms with Crippen LogP contribution >= 0.6 is 0 Å². The molecular formula is C70H124NO8+. The van der Waals surface area contributed by atoms with E-state index in [2.05, 4.69) is 98.9 Å². The van der Waals surface area contributed by atoms with Crippen LogP contribution in [0.2, 0.25) is 0 Å². The van der Waals surface area contributed by atoms with Gasteiger partial charge in [-0.3, -0.25) is 9.59 Å². The predicted octanol–water partition coefficient (Wildman–Crippen LogP) is 19.9. The minimum Gasteiger partial charge on any atom is -0.477 e.